The number of carbonyl (C=O) groups is 1. The molecule has 5 heteroatoms. The van der Waals surface area contributed by atoms with Crippen LogP contribution in [0.1, 0.15) is 20.3 Å². The quantitative estimate of drug-likeness (QED) is 0.864. The summed E-state index contributed by atoms with van der Waals surface area (Å²) in [6.45, 7) is 4.33. The predicted molar refractivity (Wildman–Crippen MR) is 72.7 cm³/mol. The molecule has 1 rings (SSSR count). The highest BCUT2D eigenvalue weighted by Crippen LogP contribution is 2.30. The highest BCUT2D eigenvalue weighted by atomic mass is 35.5. The largest absolute Gasteiger partial charge is 0.495 e. The van der Waals surface area contributed by atoms with Crippen molar-refractivity contribution in [3.05, 3.63) is 23.2 Å². The van der Waals surface area contributed by atoms with Gasteiger partial charge in [0, 0.05) is 12.2 Å². The fourth-order valence-electron chi connectivity index (χ4n) is 1.75. The molecule has 0 aliphatic rings. The van der Waals surface area contributed by atoms with Gasteiger partial charge in [-0.25, -0.2) is 4.79 Å². The minimum Gasteiger partial charge on any atom is -0.495 e. The summed E-state index contributed by atoms with van der Waals surface area (Å²) >= 11 is 6.06. The number of ether oxygens (including phenoxy) is 1. The maximum atomic E-state index is 11.1. The number of hydrogen-bond acceptors (Lipinski definition) is 3. The minimum atomic E-state index is -0.851. The highest BCUT2D eigenvalue weighted by Gasteiger charge is 2.20. The maximum Gasteiger partial charge on any atom is 0.326 e. The fraction of sp³-hybridized carbons (Fsp3) is 0.462. The average Bonchev–Trinajstić information content (AvgIpc) is 2.35. The van der Waals surface area contributed by atoms with Gasteiger partial charge in [-0.15, -0.1) is 0 Å². The second-order valence-electron chi connectivity index (χ2n) is 4.03. The number of rotatable bonds is 6. The molecule has 4 nitrogen and oxygen atoms in total. The van der Waals surface area contributed by atoms with Crippen molar-refractivity contribution in [2.24, 2.45) is 0 Å². The molecule has 0 aliphatic heterocycles. The summed E-state index contributed by atoms with van der Waals surface area (Å²) in [5, 5.41) is 9.59. The fourth-order valence-corrected chi connectivity index (χ4v) is 2.01. The van der Waals surface area contributed by atoms with Crippen molar-refractivity contribution in [3.8, 4) is 5.75 Å². The molecule has 100 valence electrons. The lowest BCUT2D eigenvalue weighted by Gasteiger charge is -2.28. The summed E-state index contributed by atoms with van der Waals surface area (Å²) in [4.78, 5) is 12.9. The second kappa shape index (κ2) is 6.50. The molecule has 0 heterocycles. The van der Waals surface area contributed by atoms with Gasteiger partial charge in [0.2, 0.25) is 0 Å². The summed E-state index contributed by atoms with van der Waals surface area (Å²) in [7, 11) is 1.55. The molecule has 0 spiro atoms. The minimum absolute atomic E-state index is 0.480. The molecule has 1 aromatic carbocycles. The Hall–Kier alpha value is -1.42. The first-order valence-electron chi connectivity index (χ1n) is 5.84. The van der Waals surface area contributed by atoms with E-state index in [1.165, 1.54) is 0 Å². The van der Waals surface area contributed by atoms with Gasteiger partial charge in [-0.05, 0) is 31.5 Å². The van der Waals surface area contributed by atoms with E-state index in [1.54, 1.807) is 26.2 Å². The first-order valence-corrected chi connectivity index (χ1v) is 6.22. The van der Waals surface area contributed by atoms with Crippen LogP contribution in [0.25, 0.3) is 0 Å². The number of aliphatic carboxylic acids is 1. The molecule has 0 bridgehead atoms. The number of hydrogen-bond donors (Lipinski definition) is 1. The van der Waals surface area contributed by atoms with E-state index in [0.29, 0.717) is 17.3 Å². The van der Waals surface area contributed by atoms with Crippen molar-refractivity contribution < 1.29 is 14.6 Å². The van der Waals surface area contributed by atoms with Gasteiger partial charge in [0.25, 0.3) is 0 Å². The third kappa shape index (κ3) is 3.29. The first-order chi connectivity index (χ1) is 8.51. The monoisotopic (exact) mass is 271 g/mol. The Morgan fingerprint density at radius 3 is 2.67 bits per heavy atom. The van der Waals surface area contributed by atoms with Crippen molar-refractivity contribution in [2.45, 2.75) is 26.3 Å². The van der Waals surface area contributed by atoms with E-state index in [0.717, 1.165) is 12.1 Å². The van der Waals surface area contributed by atoms with Crippen molar-refractivity contribution in [3.63, 3.8) is 0 Å². The molecular weight excluding hydrogens is 254 g/mol. The second-order valence-corrected chi connectivity index (χ2v) is 4.43. The van der Waals surface area contributed by atoms with E-state index < -0.39 is 12.0 Å². The topological polar surface area (TPSA) is 49.8 Å². The molecule has 0 saturated heterocycles. The van der Waals surface area contributed by atoms with Crippen LogP contribution in [0.2, 0.25) is 5.02 Å². The lowest BCUT2D eigenvalue weighted by molar-refractivity contribution is -0.138. The zero-order valence-corrected chi connectivity index (χ0v) is 11.6. The SMILES string of the molecule is CCCN(c1ccc(OC)c(Cl)c1)C(C)C(=O)O. The molecular formula is C13H18ClNO3. The van der Waals surface area contributed by atoms with E-state index in [-0.39, 0.29) is 0 Å². The molecule has 0 aromatic heterocycles. The van der Waals surface area contributed by atoms with Gasteiger partial charge in [-0.2, -0.15) is 0 Å². The predicted octanol–water partition coefficient (Wildman–Crippen LogP) is 3.04. The van der Waals surface area contributed by atoms with Crippen LogP contribution >= 0.6 is 11.6 Å². The van der Waals surface area contributed by atoms with Crippen molar-refractivity contribution in [1.29, 1.82) is 0 Å². The Labute approximate surface area is 112 Å². The van der Waals surface area contributed by atoms with Gasteiger partial charge in [0.05, 0.1) is 12.1 Å². The summed E-state index contributed by atoms with van der Waals surface area (Å²) in [6, 6.07) is 4.71. The molecule has 1 N–H and O–H groups in total. The summed E-state index contributed by atoms with van der Waals surface area (Å²) in [6.07, 6.45) is 0.862. The smallest absolute Gasteiger partial charge is 0.326 e. The molecule has 0 fully saturated rings. The van der Waals surface area contributed by atoms with Crippen LogP contribution in [0, 0.1) is 0 Å². The van der Waals surface area contributed by atoms with Crippen LogP contribution in [0.3, 0.4) is 0 Å². The number of carboxylic acid groups (broad SMARTS) is 1. The number of halogens is 1. The van der Waals surface area contributed by atoms with Crippen LogP contribution in [0.5, 0.6) is 5.75 Å². The van der Waals surface area contributed by atoms with Gasteiger partial charge < -0.3 is 14.7 Å². The molecule has 0 saturated carbocycles. The van der Waals surface area contributed by atoms with Gasteiger partial charge in [-0.1, -0.05) is 18.5 Å². The summed E-state index contributed by atoms with van der Waals surface area (Å²) < 4.78 is 5.08. The van der Waals surface area contributed by atoms with E-state index in [4.69, 9.17) is 21.4 Å². The summed E-state index contributed by atoms with van der Waals surface area (Å²) in [5.74, 6) is -0.268. The zero-order valence-electron chi connectivity index (χ0n) is 10.8. The van der Waals surface area contributed by atoms with E-state index in [1.807, 2.05) is 17.9 Å². The van der Waals surface area contributed by atoms with Gasteiger partial charge in [0.1, 0.15) is 11.8 Å². The van der Waals surface area contributed by atoms with Crippen LogP contribution in [0.15, 0.2) is 18.2 Å². The Balaban J connectivity index is 3.06. The van der Waals surface area contributed by atoms with E-state index in [9.17, 15) is 4.79 Å². The first kappa shape index (κ1) is 14.6. The highest BCUT2D eigenvalue weighted by molar-refractivity contribution is 6.32. The van der Waals surface area contributed by atoms with E-state index >= 15 is 0 Å². The molecule has 18 heavy (non-hydrogen) atoms. The average molecular weight is 272 g/mol. The standard InChI is InChI=1S/C13H18ClNO3/c1-4-7-15(9(2)13(16)17)10-5-6-12(18-3)11(14)8-10/h5-6,8-9H,4,7H2,1-3H3,(H,16,17). The van der Waals surface area contributed by atoms with E-state index in [2.05, 4.69) is 0 Å². The van der Waals surface area contributed by atoms with Crippen LogP contribution in [-0.4, -0.2) is 30.8 Å². The van der Waals surface area contributed by atoms with Crippen LogP contribution < -0.4 is 9.64 Å². The van der Waals surface area contributed by atoms with Gasteiger partial charge in [0.15, 0.2) is 0 Å². The number of anilines is 1. The van der Waals surface area contributed by atoms with Crippen LogP contribution in [0.4, 0.5) is 5.69 Å². The Kier molecular flexibility index (Phi) is 5.28. The number of carboxylic acids is 1. The number of benzene rings is 1. The van der Waals surface area contributed by atoms with Crippen molar-refractivity contribution >= 4 is 23.3 Å². The van der Waals surface area contributed by atoms with Gasteiger partial charge in [-0.3, -0.25) is 0 Å². The molecule has 1 aromatic rings. The third-order valence-corrected chi connectivity index (χ3v) is 3.05. The normalized spacial score (nSPS) is 12.0. The lowest BCUT2D eigenvalue weighted by Crippen LogP contribution is -2.39. The molecule has 0 aliphatic carbocycles. The third-order valence-electron chi connectivity index (χ3n) is 2.76. The summed E-state index contributed by atoms with van der Waals surface area (Å²) in [5.41, 5.74) is 0.789. The molecule has 1 atom stereocenters. The van der Waals surface area contributed by atoms with Crippen molar-refractivity contribution in [1.82, 2.24) is 0 Å². The molecule has 1 unspecified atom stereocenters. The van der Waals surface area contributed by atoms with Crippen LogP contribution in [-0.2, 0) is 4.79 Å². The number of methoxy groups -OCH3 is 1. The van der Waals surface area contributed by atoms with Crippen molar-refractivity contribution in [2.75, 3.05) is 18.6 Å². The van der Waals surface area contributed by atoms with Gasteiger partial charge >= 0.3 is 5.97 Å². The molecule has 0 radical (unpaired) electrons. The zero-order chi connectivity index (χ0) is 13.7. The number of nitrogens with zero attached hydrogens (tertiary/aromatic N) is 1. The Morgan fingerprint density at radius 1 is 1.56 bits per heavy atom. The lowest BCUT2D eigenvalue weighted by atomic mass is 10.2. The molecule has 0 amide bonds. The Bertz CT molecular complexity index is 423. The Morgan fingerprint density at radius 2 is 2.22 bits per heavy atom. The maximum absolute atomic E-state index is 11.1.